The van der Waals surface area contributed by atoms with Crippen LogP contribution in [0.25, 0.3) is 6.08 Å². The Balaban J connectivity index is 1.65. The van der Waals surface area contributed by atoms with E-state index in [-0.39, 0.29) is 0 Å². The average molecular weight is 343 g/mol. The Bertz CT molecular complexity index is 723. The van der Waals surface area contributed by atoms with E-state index in [1.807, 2.05) is 30.5 Å². The molecule has 0 bridgehead atoms. The molecular weight excluding hydrogens is 318 g/mol. The largest absolute Gasteiger partial charge is 0.479 e. The first-order valence-corrected chi connectivity index (χ1v) is 8.73. The maximum atomic E-state index is 12.0. The molecule has 2 aromatic heterocycles. The third kappa shape index (κ3) is 3.69. The summed E-state index contributed by atoms with van der Waals surface area (Å²) < 4.78 is 6.94. The highest BCUT2D eigenvalue weighted by Crippen LogP contribution is 2.31. The number of hydrogen-bond acceptors (Lipinski definition) is 4. The van der Waals surface area contributed by atoms with Crippen LogP contribution in [0.2, 0.25) is 0 Å². The number of carbonyl (C=O) groups is 1. The average Bonchev–Trinajstić information content (AvgIpc) is 3.27. The minimum absolute atomic E-state index is 0.291. The third-order valence-corrected chi connectivity index (χ3v) is 4.91. The van der Waals surface area contributed by atoms with E-state index >= 15 is 0 Å². The van der Waals surface area contributed by atoms with Crippen LogP contribution >= 0.6 is 0 Å². The van der Waals surface area contributed by atoms with Gasteiger partial charge in [0.25, 0.3) is 0 Å². The second-order valence-electron chi connectivity index (χ2n) is 6.90. The van der Waals surface area contributed by atoms with Crippen molar-refractivity contribution in [2.24, 2.45) is 0 Å². The van der Waals surface area contributed by atoms with Crippen molar-refractivity contribution < 1.29 is 14.3 Å². The van der Waals surface area contributed by atoms with Crippen LogP contribution in [0.5, 0.6) is 0 Å². The lowest BCUT2D eigenvalue weighted by atomic mass is 9.87. The molecule has 1 aliphatic rings. The van der Waals surface area contributed by atoms with Crippen molar-refractivity contribution in [3.63, 3.8) is 0 Å². The first-order chi connectivity index (χ1) is 12.0. The van der Waals surface area contributed by atoms with E-state index in [9.17, 15) is 9.90 Å². The maximum absolute atomic E-state index is 12.0. The van der Waals surface area contributed by atoms with Crippen LogP contribution in [0.15, 0.2) is 41.2 Å². The number of likely N-dealkylation sites (tertiary alicyclic amines) is 1. The number of furan rings is 1. The first kappa shape index (κ1) is 17.5. The van der Waals surface area contributed by atoms with Crippen LogP contribution in [0.4, 0.5) is 0 Å². The van der Waals surface area contributed by atoms with Gasteiger partial charge in [-0.2, -0.15) is 5.10 Å². The van der Waals surface area contributed by atoms with Gasteiger partial charge in [-0.15, -0.1) is 0 Å². The van der Waals surface area contributed by atoms with E-state index in [1.165, 1.54) is 0 Å². The Labute approximate surface area is 147 Å². The molecule has 2 aromatic rings. The molecule has 0 aromatic carbocycles. The second-order valence-corrected chi connectivity index (χ2v) is 6.90. The molecule has 0 unspecified atom stereocenters. The minimum atomic E-state index is -0.936. The Morgan fingerprint density at radius 3 is 2.72 bits per heavy atom. The fourth-order valence-electron chi connectivity index (χ4n) is 3.23. The van der Waals surface area contributed by atoms with Crippen LogP contribution < -0.4 is 0 Å². The van der Waals surface area contributed by atoms with E-state index < -0.39 is 11.5 Å². The lowest BCUT2D eigenvalue weighted by molar-refractivity contribution is -0.151. The van der Waals surface area contributed by atoms with Gasteiger partial charge >= 0.3 is 5.97 Å². The van der Waals surface area contributed by atoms with E-state index in [4.69, 9.17) is 4.42 Å². The second kappa shape index (κ2) is 7.27. The molecule has 0 amide bonds. The topological polar surface area (TPSA) is 71.5 Å². The van der Waals surface area contributed by atoms with Crippen LogP contribution in [0.1, 0.15) is 44.1 Å². The van der Waals surface area contributed by atoms with Gasteiger partial charge in [0.05, 0.1) is 12.0 Å². The molecule has 0 atom stereocenters. The maximum Gasteiger partial charge on any atom is 0.331 e. The Morgan fingerprint density at radius 1 is 1.40 bits per heavy atom. The predicted octanol–water partition coefficient (Wildman–Crippen LogP) is 3.19. The van der Waals surface area contributed by atoms with Crippen LogP contribution in [0, 0.1) is 0 Å². The van der Waals surface area contributed by atoms with E-state index in [1.54, 1.807) is 10.9 Å². The number of aromatic nitrogens is 2. The molecule has 1 fully saturated rings. The van der Waals surface area contributed by atoms with Gasteiger partial charge in [0.2, 0.25) is 0 Å². The first-order valence-electron chi connectivity index (χ1n) is 8.73. The van der Waals surface area contributed by atoms with Crippen molar-refractivity contribution in [1.82, 2.24) is 14.7 Å². The highest BCUT2D eigenvalue weighted by atomic mass is 16.4. The Morgan fingerprint density at radius 2 is 2.16 bits per heavy atom. The summed E-state index contributed by atoms with van der Waals surface area (Å²) in [6.07, 6.45) is 8.57. The summed E-state index contributed by atoms with van der Waals surface area (Å²) in [5.41, 5.74) is -0.00148. The molecule has 3 heterocycles. The van der Waals surface area contributed by atoms with Crippen molar-refractivity contribution in [3.8, 4) is 0 Å². The van der Waals surface area contributed by atoms with E-state index in [0.29, 0.717) is 18.8 Å². The zero-order valence-corrected chi connectivity index (χ0v) is 14.8. The standard InChI is InChI=1S/C19H25N3O3/c1-15(2)17-7-11-22(20-17)19(18(23)24)8-12-21(13-9-19)10-3-5-16-6-4-14-25-16/h3-7,11,14-15H,8-10,12-13H2,1-2H3,(H,23,24)/b5-3+. The van der Waals surface area contributed by atoms with Crippen molar-refractivity contribution in [2.75, 3.05) is 19.6 Å². The smallest absolute Gasteiger partial charge is 0.331 e. The highest BCUT2D eigenvalue weighted by molar-refractivity contribution is 5.76. The molecule has 0 saturated carbocycles. The van der Waals surface area contributed by atoms with Crippen LogP contribution in [0.3, 0.4) is 0 Å². The summed E-state index contributed by atoms with van der Waals surface area (Å²) >= 11 is 0. The molecule has 1 saturated heterocycles. The quantitative estimate of drug-likeness (QED) is 0.872. The van der Waals surface area contributed by atoms with Crippen LogP contribution in [-0.2, 0) is 10.3 Å². The fraction of sp³-hybridized carbons (Fsp3) is 0.474. The van der Waals surface area contributed by atoms with Crippen molar-refractivity contribution in [2.45, 2.75) is 38.1 Å². The molecule has 6 nitrogen and oxygen atoms in total. The molecule has 0 spiro atoms. The lowest BCUT2D eigenvalue weighted by Gasteiger charge is -2.38. The highest BCUT2D eigenvalue weighted by Gasteiger charge is 2.44. The molecule has 0 aliphatic carbocycles. The molecule has 134 valence electrons. The Kier molecular flexibility index (Phi) is 5.08. The fourth-order valence-corrected chi connectivity index (χ4v) is 3.23. The number of piperidine rings is 1. The van der Waals surface area contributed by atoms with E-state index in [0.717, 1.165) is 31.1 Å². The molecule has 3 rings (SSSR count). The normalized spacial score (nSPS) is 18.2. The summed E-state index contributed by atoms with van der Waals surface area (Å²) in [5, 5.41) is 14.4. The number of hydrogen-bond donors (Lipinski definition) is 1. The van der Waals surface area contributed by atoms with Gasteiger partial charge in [-0.25, -0.2) is 4.79 Å². The summed E-state index contributed by atoms with van der Waals surface area (Å²) in [4.78, 5) is 14.3. The number of carboxylic acid groups (broad SMARTS) is 1. The zero-order chi connectivity index (χ0) is 17.9. The molecule has 6 heteroatoms. The SMILES string of the molecule is CC(C)c1ccn(C2(C(=O)O)CCN(C/C=C/c3ccco3)CC2)n1. The number of nitrogens with zero attached hydrogens (tertiary/aromatic N) is 3. The summed E-state index contributed by atoms with van der Waals surface area (Å²) in [6.45, 7) is 6.37. The number of rotatable bonds is 6. The molecule has 0 radical (unpaired) electrons. The molecule has 1 aliphatic heterocycles. The predicted molar refractivity (Wildman–Crippen MR) is 95.3 cm³/mol. The van der Waals surface area contributed by atoms with Crippen molar-refractivity contribution in [1.29, 1.82) is 0 Å². The van der Waals surface area contributed by atoms with Gasteiger partial charge in [0, 0.05) is 25.8 Å². The third-order valence-electron chi connectivity index (χ3n) is 4.91. The van der Waals surface area contributed by atoms with Gasteiger partial charge in [0.15, 0.2) is 5.54 Å². The lowest BCUT2D eigenvalue weighted by Crippen LogP contribution is -2.51. The van der Waals surface area contributed by atoms with Gasteiger partial charge in [-0.05, 0) is 43.0 Å². The zero-order valence-electron chi connectivity index (χ0n) is 14.8. The molecular formula is C19H25N3O3. The Hall–Kier alpha value is -2.34. The van der Waals surface area contributed by atoms with Gasteiger partial charge < -0.3 is 9.52 Å². The summed E-state index contributed by atoms with van der Waals surface area (Å²) in [7, 11) is 0. The van der Waals surface area contributed by atoms with E-state index in [2.05, 4.69) is 29.9 Å². The molecule has 1 N–H and O–H groups in total. The minimum Gasteiger partial charge on any atom is -0.479 e. The van der Waals surface area contributed by atoms with Gasteiger partial charge in [0.1, 0.15) is 5.76 Å². The van der Waals surface area contributed by atoms with Crippen molar-refractivity contribution >= 4 is 12.0 Å². The van der Waals surface area contributed by atoms with Gasteiger partial charge in [-0.1, -0.05) is 19.9 Å². The van der Waals surface area contributed by atoms with Crippen LogP contribution in [-0.4, -0.2) is 45.4 Å². The van der Waals surface area contributed by atoms with Gasteiger partial charge in [-0.3, -0.25) is 9.58 Å². The number of aliphatic carboxylic acids is 1. The molecule has 25 heavy (non-hydrogen) atoms. The monoisotopic (exact) mass is 343 g/mol. The summed E-state index contributed by atoms with van der Waals surface area (Å²) in [6, 6.07) is 5.69. The number of carboxylic acids is 1. The van der Waals surface area contributed by atoms with Crippen molar-refractivity contribution in [3.05, 3.63) is 48.2 Å². The summed E-state index contributed by atoms with van der Waals surface area (Å²) in [5.74, 6) is 0.324.